The second-order valence-electron chi connectivity index (χ2n) is 5.78. The highest BCUT2D eigenvalue weighted by molar-refractivity contribution is 5.98. The Morgan fingerprint density at radius 2 is 2.04 bits per heavy atom. The first-order valence-corrected chi connectivity index (χ1v) is 7.49. The number of ether oxygens (including phenoxy) is 1. The van der Waals surface area contributed by atoms with Crippen molar-refractivity contribution >= 4 is 17.7 Å². The molecule has 3 rings (SSSR count). The Morgan fingerprint density at radius 3 is 2.78 bits per heavy atom. The molecule has 7 nitrogen and oxygen atoms in total. The number of methoxy groups -OCH3 is 1. The molecule has 0 spiro atoms. The van der Waals surface area contributed by atoms with Gasteiger partial charge in [0.05, 0.1) is 20.2 Å². The third-order valence-corrected chi connectivity index (χ3v) is 4.34. The van der Waals surface area contributed by atoms with Crippen LogP contribution in [0.4, 0.5) is 0 Å². The molecule has 2 fully saturated rings. The lowest BCUT2D eigenvalue weighted by molar-refractivity contribution is -0.157. The van der Waals surface area contributed by atoms with E-state index in [1.54, 1.807) is 48.2 Å². The van der Waals surface area contributed by atoms with E-state index in [0.717, 1.165) is 0 Å². The minimum atomic E-state index is -0.579. The largest absolute Gasteiger partial charge is 0.497 e. The Bertz CT molecular complexity index is 660. The van der Waals surface area contributed by atoms with Gasteiger partial charge in [0, 0.05) is 25.7 Å². The van der Waals surface area contributed by atoms with Gasteiger partial charge in [-0.1, -0.05) is 6.07 Å². The first-order chi connectivity index (χ1) is 11.0. The van der Waals surface area contributed by atoms with Crippen LogP contribution in [-0.2, 0) is 9.59 Å². The van der Waals surface area contributed by atoms with E-state index in [9.17, 15) is 14.4 Å². The van der Waals surface area contributed by atoms with Crippen LogP contribution >= 0.6 is 0 Å². The number of benzene rings is 1. The van der Waals surface area contributed by atoms with Crippen LogP contribution in [0.25, 0.3) is 0 Å². The molecule has 7 heteroatoms. The van der Waals surface area contributed by atoms with Gasteiger partial charge in [0.2, 0.25) is 11.8 Å². The molecule has 0 unspecified atom stereocenters. The van der Waals surface area contributed by atoms with Gasteiger partial charge >= 0.3 is 0 Å². The number of carbonyl (C=O) groups is 3. The number of amides is 3. The number of rotatable bonds is 2. The topological polar surface area (TPSA) is 70.2 Å². The number of likely N-dealkylation sites (N-methyl/N-ethyl adjacent to an activating group) is 1. The summed E-state index contributed by atoms with van der Waals surface area (Å²) in [6.45, 7) is 1.15. The highest BCUT2D eigenvalue weighted by Gasteiger charge is 2.42. The maximum Gasteiger partial charge on any atom is 0.254 e. The minimum absolute atomic E-state index is 0.0643. The number of fused-ring (bicyclic) bond motifs is 1. The smallest absolute Gasteiger partial charge is 0.254 e. The molecule has 1 atom stereocenters. The fourth-order valence-corrected chi connectivity index (χ4v) is 3.04. The summed E-state index contributed by atoms with van der Waals surface area (Å²) in [6.07, 6.45) is 0. The predicted molar refractivity (Wildman–Crippen MR) is 82.0 cm³/mol. The van der Waals surface area contributed by atoms with Gasteiger partial charge in [-0.05, 0) is 18.2 Å². The SMILES string of the molecule is COc1cccc(C(=O)N2CCN3C(=O)CN(C)C(=O)[C@H]3C2)c1. The van der Waals surface area contributed by atoms with Gasteiger partial charge in [0.1, 0.15) is 11.8 Å². The third kappa shape index (κ3) is 2.74. The van der Waals surface area contributed by atoms with Crippen LogP contribution in [0.15, 0.2) is 24.3 Å². The first kappa shape index (κ1) is 15.3. The minimum Gasteiger partial charge on any atom is -0.497 e. The van der Waals surface area contributed by atoms with Crippen LogP contribution in [0.5, 0.6) is 5.75 Å². The summed E-state index contributed by atoms with van der Waals surface area (Å²) in [5, 5.41) is 0. The molecule has 1 aromatic carbocycles. The average Bonchev–Trinajstić information content (AvgIpc) is 2.58. The number of nitrogens with zero attached hydrogens (tertiary/aromatic N) is 3. The molecule has 2 aliphatic rings. The zero-order valence-electron chi connectivity index (χ0n) is 13.2. The van der Waals surface area contributed by atoms with Crippen molar-refractivity contribution in [1.29, 1.82) is 0 Å². The number of hydrogen-bond acceptors (Lipinski definition) is 4. The zero-order chi connectivity index (χ0) is 16.6. The van der Waals surface area contributed by atoms with Crippen molar-refractivity contribution < 1.29 is 19.1 Å². The van der Waals surface area contributed by atoms with Gasteiger partial charge in [0.15, 0.2) is 0 Å². The van der Waals surface area contributed by atoms with Crippen LogP contribution < -0.4 is 4.74 Å². The number of hydrogen-bond donors (Lipinski definition) is 0. The van der Waals surface area contributed by atoms with Gasteiger partial charge in [-0.15, -0.1) is 0 Å². The summed E-state index contributed by atoms with van der Waals surface area (Å²) in [7, 11) is 3.16. The molecule has 23 heavy (non-hydrogen) atoms. The monoisotopic (exact) mass is 317 g/mol. The molecule has 0 N–H and O–H groups in total. The Balaban J connectivity index is 1.78. The highest BCUT2D eigenvalue weighted by Crippen LogP contribution is 2.20. The summed E-state index contributed by atoms with van der Waals surface area (Å²) in [6, 6.07) is 6.34. The molecule has 2 heterocycles. The normalized spacial score (nSPS) is 21.3. The second kappa shape index (κ2) is 5.91. The zero-order valence-corrected chi connectivity index (χ0v) is 13.2. The fraction of sp³-hybridized carbons (Fsp3) is 0.438. The quantitative estimate of drug-likeness (QED) is 0.759. The van der Waals surface area contributed by atoms with E-state index in [0.29, 0.717) is 24.4 Å². The van der Waals surface area contributed by atoms with Crippen molar-refractivity contribution in [3.63, 3.8) is 0 Å². The van der Waals surface area contributed by atoms with Crippen LogP contribution in [0, 0.1) is 0 Å². The molecule has 3 amide bonds. The molecular formula is C16H19N3O4. The molecular weight excluding hydrogens is 298 g/mol. The van der Waals surface area contributed by atoms with E-state index in [1.807, 2.05) is 0 Å². The van der Waals surface area contributed by atoms with Crippen molar-refractivity contribution in [2.75, 3.05) is 40.3 Å². The molecule has 0 radical (unpaired) electrons. The Morgan fingerprint density at radius 1 is 1.26 bits per heavy atom. The summed E-state index contributed by atoms with van der Waals surface area (Å²) < 4.78 is 5.14. The van der Waals surface area contributed by atoms with E-state index >= 15 is 0 Å². The lowest BCUT2D eigenvalue weighted by Crippen LogP contribution is -2.66. The van der Waals surface area contributed by atoms with Crippen LogP contribution in [0.2, 0.25) is 0 Å². The number of piperazine rings is 2. The van der Waals surface area contributed by atoms with Gasteiger partial charge in [-0.2, -0.15) is 0 Å². The van der Waals surface area contributed by atoms with Crippen molar-refractivity contribution in [2.24, 2.45) is 0 Å². The molecule has 0 aliphatic carbocycles. The Hall–Kier alpha value is -2.57. The van der Waals surface area contributed by atoms with Crippen LogP contribution in [0.3, 0.4) is 0 Å². The van der Waals surface area contributed by atoms with Crippen LogP contribution in [-0.4, -0.2) is 78.8 Å². The van der Waals surface area contributed by atoms with Gasteiger partial charge < -0.3 is 19.4 Å². The van der Waals surface area contributed by atoms with E-state index in [2.05, 4.69) is 0 Å². The van der Waals surface area contributed by atoms with Gasteiger partial charge in [-0.25, -0.2) is 0 Å². The van der Waals surface area contributed by atoms with Gasteiger partial charge in [0.25, 0.3) is 5.91 Å². The molecule has 0 bridgehead atoms. The summed E-state index contributed by atoms with van der Waals surface area (Å²) >= 11 is 0. The van der Waals surface area contributed by atoms with Crippen molar-refractivity contribution in [1.82, 2.24) is 14.7 Å². The number of carbonyl (C=O) groups excluding carboxylic acids is 3. The van der Waals surface area contributed by atoms with Crippen molar-refractivity contribution in [3.05, 3.63) is 29.8 Å². The maximum atomic E-state index is 12.7. The molecule has 1 aromatic rings. The van der Waals surface area contributed by atoms with E-state index in [4.69, 9.17) is 4.74 Å². The second-order valence-corrected chi connectivity index (χ2v) is 5.78. The Labute approximate surface area is 134 Å². The highest BCUT2D eigenvalue weighted by atomic mass is 16.5. The molecule has 122 valence electrons. The van der Waals surface area contributed by atoms with Crippen molar-refractivity contribution in [2.45, 2.75) is 6.04 Å². The molecule has 2 saturated heterocycles. The van der Waals surface area contributed by atoms with Crippen LogP contribution in [0.1, 0.15) is 10.4 Å². The lowest BCUT2D eigenvalue weighted by Gasteiger charge is -2.45. The van der Waals surface area contributed by atoms with Crippen molar-refractivity contribution in [3.8, 4) is 5.75 Å². The lowest BCUT2D eigenvalue weighted by atomic mass is 10.1. The summed E-state index contributed by atoms with van der Waals surface area (Å²) in [4.78, 5) is 41.6. The Kier molecular flexibility index (Phi) is 3.94. The van der Waals surface area contributed by atoms with E-state index in [-0.39, 0.29) is 30.8 Å². The predicted octanol–water partition coefficient (Wildman–Crippen LogP) is -0.180. The van der Waals surface area contributed by atoms with Gasteiger partial charge in [-0.3, -0.25) is 14.4 Å². The third-order valence-electron chi connectivity index (χ3n) is 4.34. The fourth-order valence-electron chi connectivity index (χ4n) is 3.04. The van der Waals surface area contributed by atoms with E-state index in [1.165, 1.54) is 4.90 Å². The molecule has 0 aromatic heterocycles. The average molecular weight is 317 g/mol. The summed E-state index contributed by atoms with van der Waals surface area (Å²) in [5.41, 5.74) is 0.515. The summed E-state index contributed by atoms with van der Waals surface area (Å²) in [5.74, 6) is 0.272. The standard InChI is InChI=1S/C16H19N3O4/c1-17-10-14(20)19-7-6-18(9-13(19)16(17)22)15(21)11-4-3-5-12(8-11)23-2/h3-5,8,13H,6-7,9-10H2,1-2H3/t13-/m1/s1. The first-order valence-electron chi connectivity index (χ1n) is 7.49. The molecule has 2 aliphatic heterocycles. The molecule has 0 saturated carbocycles. The maximum absolute atomic E-state index is 12.7. The van der Waals surface area contributed by atoms with E-state index < -0.39 is 6.04 Å².